The Hall–Kier alpha value is -1.74. The van der Waals surface area contributed by atoms with Crippen LogP contribution in [-0.4, -0.2) is 16.6 Å². The lowest BCUT2D eigenvalue weighted by atomic mass is 10.1. The highest BCUT2D eigenvalue weighted by molar-refractivity contribution is 8.00. The van der Waals surface area contributed by atoms with Crippen LogP contribution in [0.4, 0.5) is 0 Å². The zero-order valence-electron chi connectivity index (χ0n) is 11.0. The van der Waals surface area contributed by atoms with Crippen molar-refractivity contribution < 1.29 is 9.90 Å². The van der Waals surface area contributed by atoms with Gasteiger partial charge >= 0.3 is 0 Å². The summed E-state index contributed by atoms with van der Waals surface area (Å²) in [5.41, 5.74) is 3.13. The number of aryl methyl sites for hydroxylation is 2. The maximum atomic E-state index is 12.0. The van der Waals surface area contributed by atoms with Crippen molar-refractivity contribution >= 4 is 17.5 Å². The monoisotopic (exact) mass is 272 g/mol. The Labute approximate surface area is 117 Å². The van der Waals surface area contributed by atoms with Crippen molar-refractivity contribution in [1.82, 2.24) is 0 Å². The summed E-state index contributed by atoms with van der Waals surface area (Å²) >= 11 is 1.54. The Morgan fingerprint density at radius 2 is 1.74 bits per heavy atom. The molecule has 19 heavy (non-hydrogen) atoms. The number of hydrogen-bond donors (Lipinski definition) is 1. The van der Waals surface area contributed by atoms with E-state index >= 15 is 0 Å². The van der Waals surface area contributed by atoms with Crippen molar-refractivity contribution in [3.8, 4) is 5.75 Å². The van der Waals surface area contributed by atoms with Gasteiger partial charge in [0.2, 0.25) is 0 Å². The van der Waals surface area contributed by atoms with Crippen LogP contribution >= 0.6 is 11.8 Å². The maximum Gasteiger partial charge on any atom is 0.173 e. The molecule has 0 spiro atoms. The van der Waals surface area contributed by atoms with E-state index in [0.29, 0.717) is 11.3 Å². The molecule has 3 heteroatoms. The van der Waals surface area contributed by atoms with Crippen molar-refractivity contribution in [2.75, 3.05) is 5.75 Å². The number of aromatic hydroxyl groups is 1. The first-order valence-electron chi connectivity index (χ1n) is 6.08. The predicted molar refractivity (Wildman–Crippen MR) is 79.1 cm³/mol. The number of thioether (sulfide) groups is 1. The SMILES string of the molecule is Cc1ccc(SCC(=O)c2ccc(O)cc2)cc1C. The number of carbonyl (C=O) groups excluding carboxylic acids is 1. The predicted octanol–water partition coefficient (Wildman–Crippen LogP) is 3.98. The fourth-order valence-corrected chi connectivity index (χ4v) is 2.57. The molecular weight excluding hydrogens is 256 g/mol. The summed E-state index contributed by atoms with van der Waals surface area (Å²) in [5, 5.41) is 9.19. The molecule has 0 bridgehead atoms. The number of ketones is 1. The van der Waals surface area contributed by atoms with E-state index in [9.17, 15) is 9.90 Å². The van der Waals surface area contributed by atoms with Crippen molar-refractivity contribution in [2.45, 2.75) is 18.7 Å². The third kappa shape index (κ3) is 3.61. The third-order valence-corrected chi connectivity index (χ3v) is 4.03. The van der Waals surface area contributed by atoms with Gasteiger partial charge in [0.25, 0.3) is 0 Å². The highest BCUT2D eigenvalue weighted by Crippen LogP contribution is 2.22. The first-order valence-corrected chi connectivity index (χ1v) is 7.07. The van der Waals surface area contributed by atoms with Gasteiger partial charge in [-0.2, -0.15) is 0 Å². The molecule has 0 aliphatic heterocycles. The average Bonchev–Trinajstić information content (AvgIpc) is 2.40. The molecule has 0 atom stereocenters. The van der Waals surface area contributed by atoms with Gasteiger partial charge in [-0.25, -0.2) is 0 Å². The topological polar surface area (TPSA) is 37.3 Å². The van der Waals surface area contributed by atoms with E-state index in [1.165, 1.54) is 35.0 Å². The minimum atomic E-state index is 0.0724. The van der Waals surface area contributed by atoms with Gasteiger partial charge < -0.3 is 5.11 Å². The first-order chi connectivity index (χ1) is 9.06. The van der Waals surface area contributed by atoms with Crippen molar-refractivity contribution in [2.24, 2.45) is 0 Å². The van der Waals surface area contributed by atoms with Gasteiger partial charge in [-0.05, 0) is 61.4 Å². The Balaban J connectivity index is 2.00. The summed E-state index contributed by atoms with van der Waals surface area (Å²) in [6.07, 6.45) is 0. The zero-order valence-corrected chi connectivity index (χ0v) is 11.8. The van der Waals surface area contributed by atoms with Crippen LogP contribution < -0.4 is 0 Å². The standard InChI is InChI=1S/C16H16O2S/c1-11-3-8-15(9-12(11)2)19-10-16(18)13-4-6-14(17)7-5-13/h3-9,17H,10H2,1-2H3. The summed E-state index contributed by atoms with van der Waals surface area (Å²) in [4.78, 5) is 13.1. The van der Waals surface area contributed by atoms with Gasteiger partial charge in [-0.15, -0.1) is 11.8 Å². The average molecular weight is 272 g/mol. The lowest BCUT2D eigenvalue weighted by molar-refractivity contribution is 0.102. The molecule has 2 rings (SSSR count). The summed E-state index contributed by atoms with van der Waals surface area (Å²) < 4.78 is 0. The smallest absolute Gasteiger partial charge is 0.173 e. The summed E-state index contributed by atoms with van der Waals surface area (Å²) in [7, 11) is 0. The fraction of sp³-hybridized carbons (Fsp3) is 0.188. The van der Waals surface area contributed by atoms with E-state index in [-0.39, 0.29) is 11.5 Å². The molecule has 2 aromatic carbocycles. The third-order valence-electron chi connectivity index (χ3n) is 3.04. The second-order valence-corrected chi connectivity index (χ2v) is 5.55. The van der Waals surface area contributed by atoms with E-state index in [0.717, 1.165) is 4.90 Å². The number of phenolic OH excluding ortho intramolecular Hbond substituents is 1. The molecule has 1 N–H and O–H groups in total. The number of rotatable bonds is 4. The molecule has 0 aliphatic carbocycles. The minimum Gasteiger partial charge on any atom is -0.508 e. The van der Waals surface area contributed by atoms with Crippen LogP contribution in [0, 0.1) is 13.8 Å². The van der Waals surface area contributed by atoms with Gasteiger partial charge in [0.1, 0.15) is 5.75 Å². The molecule has 0 aromatic heterocycles. The Morgan fingerprint density at radius 3 is 2.37 bits per heavy atom. The number of carbonyl (C=O) groups is 1. The Kier molecular flexibility index (Phi) is 4.27. The number of Topliss-reactive ketones (excluding diaryl/α,β-unsaturated/α-hetero) is 1. The van der Waals surface area contributed by atoms with E-state index in [1.54, 1.807) is 12.1 Å². The van der Waals surface area contributed by atoms with Crippen molar-refractivity contribution in [1.29, 1.82) is 0 Å². The lowest BCUT2D eigenvalue weighted by Gasteiger charge is -2.05. The van der Waals surface area contributed by atoms with Crippen LogP contribution in [0.5, 0.6) is 5.75 Å². The molecule has 2 aromatic rings. The van der Waals surface area contributed by atoms with Crippen molar-refractivity contribution in [3.05, 3.63) is 59.2 Å². The molecule has 0 saturated carbocycles. The van der Waals surface area contributed by atoms with Crippen LogP contribution in [-0.2, 0) is 0 Å². The van der Waals surface area contributed by atoms with Crippen LogP contribution in [0.2, 0.25) is 0 Å². The quantitative estimate of drug-likeness (QED) is 0.675. The summed E-state index contributed by atoms with van der Waals surface area (Å²) in [6.45, 7) is 4.15. The maximum absolute atomic E-state index is 12.0. The second kappa shape index (κ2) is 5.93. The van der Waals surface area contributed by atoms with E-state index in [1.807, 2.05) is 6.07 Å². The molecule has 0 unspecified atom stereocenters. The zero-order chi connectivity index (χ0) is 13.8. The van der Waals surface area contributed by atoms with Gasteiger partial charge in [-0.1, -0.05) is 6.07 Å². The highest BCUT2D eigenvalue weighted by atomic mass is 32.2. The van der Waals surface area contributed by atoms with E-state index < -0.39 is 0 Å². The number of benzene rings is 2. The van der Waals surface area contributed by atoms with Crippen molar-refractivity contribution in [3.63, 3.8) is 0 Å². The Morgan fingerprint density at radius 1 is 1.05 bits per heavy atom. The van der Waals surface area contributed by atoms with Crippen LogP contribution in [0.25, 0.3) is 0 Å². The highest BCUT2D eigenvalue weighted by Gasteiger charge is 2.07. The minimum absolute atomic E-state index is 0.0724. The molecule has 0 saturated heterocycles. The van der Waals surface area contributed by atoms with E-state index in [2.05, 4.69) is 26.0 Å². The molecular formula is C16H16O2S. The lowest BCUT2D eigenvalue weighted by Crippen LogP contribution is -2.01. The van der Waals surface area contributed by atoms with Gasteiger partial charge in [-0.3, -0.25) is 4.79 Å². The van der Waals surface area contributed by atoms with Gasteiger partial charge in [0.05, 0.1) is 5.75 Å². The normalized spacial score (nSPS) is 10.4. The van der Waals surface area contributed by atoms with Gasteiger partial charge in [0, 0.05) is 10.5 Å². The molecule has 0 amide bonds. The molecule has 0 fully saturated rings. The fourth-order valence-electron chi connectivity index (χ4n) is 1.68. The number of hydrogen-bond acceptors (Lipinski definition) is 3. The summed E-state index contributed by atoms with van der Waals surface area (Å²) in [5.74, 6) is 0.661. The van der Waals surface area contributed by atoms with Gasteiger partial charge in [0.15, 0.2) is 5.78 Å². The summed E-state index contributed by atoms with van der Waals surface area (Å²) in [6, 6.07) is 12.6. The first kappa shape index (κ1) is 13.7. The second-order valence-electron chi connectivity index (χ2n) is 4.50. The van der Waals surface area contributed by atoms with Crippen LogP contribution in [0.1, 0.15) is 21.5 Å². The molecule has 98 valence electrons. The molecule has 0 aliphatic rings. The molecule has 2 nitrogen and oxygen atoms in total. The Bertz CT molecular complexity index is 588. The molecule has 0 radical (unpaired) electrons. The largest absolute Gasteiger partial charge is 0.508 e. The van der Waals surface area contributed by atoms with E-state index in [4.69, 9.17) is 0 Å². The van der Waals surface area contributed by atoms with Crippen LogP contribution in [0.3, 0.4) is 0 Å². The number of phenols is 1. The van der Waals surface area contributed by atoms with Crippen LogP contribution in [0.15, 0.2) is 47.4 Å². The molecule has 0 heterocycles.